The zero-order chi connectivity index (χ0) is 15.5. The predicted octanol–water partition coefficient (Wildman–Crippen LogP) is 1.13. The highest BCUT2D eigenvalue weighted by Gasteiger charge is 2.32. The molecule has 120 valence electrons. The molecule has 8 heteroatoms. The van der Waals surface area contributed by atoms with Gasteiger partial charge in [-0.3, -0.25) is 10.1 Å². The number of hydrogen-bond acceptors (Lipinski definition) is 7. The highest BCUT2D eigenvalue weighted by Crippen LogP contribution is 2.35. The molecule has 0 bridgehead atoms. The van der Waals surface area contributed by atoms with Crippen LogP contribution in [0.2, 0.25) is 0 Å². The van der Waals surface area contributed by atoms with Crippen LogP contribution in [0.4, 0.5) is 17.3 Å². The molecule has 3 rings (SSSR count). The third kappa shape index (κ3) is 2.83. The van der Waals surface area contributed by atoms with Crippen molar-refractivity contribution in [3.63, 3.8) is 0 Å². The summed E-state index contributed by atoms with van der Waals surface area (Å²) >= 11 is 0. The van der Waals surface area contributed by atoms with Crippen LogP contribution >= 0.6 is 0 Å². The number of nitro groups is 1. The molecule has 2 aliphatic rings. The second-order valence-corrected chi connectivity index (χ2v) is 5.74. The van der Waals surface area contributed by atoms with Gasteiger partial charge in [-0.1, -0.05) is 6.92 Å². The van der Waals surface area contributed by atoms with Crippen LogP contribution in [-0.2, 0) is 0 Å². The summed E-state index contributed by atoms with van der Waals surface area (Å²) in [5.74, 6) is 0.947. The Bertz CT molecular complexity index is 538. The van der Waals surface area contributed by atoms with Gasteiger partial charge >= 0.3 is 5.69 Å². The summed E-state index contributed by atoms with van der Waals surface area (Å²) < 4.78 is 0. The molecule has 0 spiro atoms. The average molecular weight is 306 g/mol. The smallest absolute Gasteiger partial charge is 0.351 e. The topological polar surface area (TPSA) is 78.6 Å². The van der Waals surface area contributed by atoms with E-state index in [1.54, 1.807) is 0 Å². The van der Waals surface area contributed by atoms with Crippen molar-refractivity contribution in [3.8, 4) is 0 Å². The van der Waals surface area contributed by atoms with E-state index in [0.29, 0.717) is 11.6 Å². The Balaban J connectivity index is 1.90. The molecule has 0 atom stereocenters. The van der Waals surface area contributed by atoms with Crippen molar-refractivity contribution >= 4 is 17.3 Å². The molecule has 0 unspecified atom stereocenters. The maximum absolute atomic E-state index is 11.6. The van der Waals surface area contributed by atoms with Gasteiger partial charge in [0.05, 0.1) is 4.92 Å². The Kier molecular flexibility index (Phi) is 4.37. The Morgan fingerprint density at radius 3 is 2.09 bits per heavy atom. The van der Waals surface area contributed by atoms with Gasteiger partial charge in [-0.15, -0.1) is 0 Å². The second kappa shape index (κ2) is 6.43. The second-order valence-electron chi connectivity index (χ2n) is 5.74. The van der Waals surface area contributed by atoms with Crippen molar-refractivity contribution in [3.05, 3.63) is 16.4 Å². The normalized spacial score (nSPS) is 19.7. The van der Waals surface area contributed by atoms with Gasteiger partial charge in [0.25, 0.3) is 0 Å². The van der Waals surface area contributed by atoms with E-state index in [0.717, 1.165) is 58.7 Å². The molecule has 3 heterocycles. The molecule has 22 heavy (non-hydrogen) atoms. The Labute approximate surface area is 129 Å². The fourth-order valence-electron chi connectivity index (χ4n) is 3.19. The van der Waals surface area contributed by atoms with Gasteiger partial charge in [0, 0.05) is 39.3 Å². The number of hydrogen-bond donors (Lipinski definition) is 0. The Morgan fingerprint density at radius 1 is 1.05 bits per heavy atom. The van der Waals surface area contributed by atoms with Gasteiger partial charge in [0.15, 0.2) is 0 Å². The molecule has 0 aliphatic carbocycles. The number of anilines is 2. The maximum atomic E-state index is 11.6. The first-order chi connectivity index (χ1) is 10.7. The van der Waals surface area contributed by atoms with E-state index < -0.39 is 0 Å². The van der Waals surface area contributed by atoms with Crippen LogP contribution in [-0.4, -0.2) is 65.6 Å². The summed E-state index contributed by atoms with van der Waals surface area (Å²) in [6.45, 7) is 8.18. The van der Waals surface area contributed by atoms with Gasteiger partial charge in [-0.05, 0) is 19.4 Å². The molecule has 0 amide bonds. The van der Waals surface area contributed by atoms with Gasteiger partial charge < -0.3 is 14.7 Å². The predicted molar refractivity (Wildman–Crippen MR) is 84.5 cm³/mol. The highest BCUT2D eigenvalue weighted by atomic mass is 16.6. The summed E-state index contributed by atoms with van der Waals surface area (Å²) in [6, 6.07) is 0. The number of rotatable bonds is 4. The van der Waals surface area contributed by atoms with Gasteiger partial charge in [-0.25, -0.2) is 9.97 Å². The van der Waals surface area contributed by atoms with E-state index in [2.05, 4.69) is 21.8 Å². The summed E-state index contributed by atoms with van der Waals surface area (Å²) in [5, 5.41) is 11.6. The van der Waals surface area contributed by atoms with E-state index in [1.165, 1.54) is 6.33 Å². The quantitative estimate of drug-likeness (QED) is 0.609. The van der Waals surface area contributed by atoms with Crippen LogP contribution in [0.5, 0.6) is 0 Å². The third-order valence-corrected chi connectivity index (χ3v) is 4.49. The van der Waals surface area contributed by atoms with Crippen LogP contribution in [0.3, 0.4) is 0 Å². The average Bonchev–Trinajstić information content (AvgIpc) is 3.08. The number of likely N-dealkylation sites (N-methyl/N-ethyl adjacent to an activating group) is 1. The van der Waals surface area contributed by atoms with E-state index in [-0.39, 0.29) is 10.6 Å². The minimum absolute atomic E-state index is 0.0642. The first kappa shape index (κ1) is 15.0. The first-order valence-electron chi connectivity index (χ1n) is 7.92. The Morgan fingerprint density at radius 2 is 1.59 bits per heavy atom. The standard InChI is InChI=1S/C14H22N6O2/c1-2-17-7-9-19(10-8-17)14-12(20(21)22)13(15-11-16-14)18-5-3-4-6-18/h11H,2-10H2,1H3. The summed E-state index contributed by atoms with van der Waals surface area (Å²) in [4.78, 5) is 26.1. The minimum atomic E-state index is -0.324. The lowest BCUT2D eigenvalue weighted by atomic mass is 10.3. The first-order valence-corrected chi connectivity index (χ1v) is 7.92. The molecule has 0 N–H and O–H groups in total. The van der Waals surface area contributed by atoms with E-state index >= 15 is 0 Å². The zero-order valence-corrected chi connectivity index (χ0v) is 12.9. The molecule has 2 aliphatic heterocycles. The lowest BCUT2D eigenvalue weighted by Gasteiger charge is -2.34. The highest BCUT2D eigenvalue weighted by molar-refractivity contribution is 5.71. The van der Waals surface area contributed by atoms with Gasteiger partial charge in [0.2, 0.25) is 11.6 Å². The third-order valence-electron chi connectivity index (χ3n) is 4.49. The number of piperazine rings is 1. The number of nitrogens with zero attached hydrogens (tertiary/aromatic N) is 6. The largest absolute Gasteiger partial charge is 0.353 e. The molecule has 0 aromatic carbocycles. The fraction of sp³-hybridized carbons (Fsp3) is 0.714. The van der Waals surface area contributed by atoms with Crippen LogP contribution in [0.25, 0.3) is 0 Å². The zero-order valence-electron chi connectivity index (χ0n) is 12.9. The molecule has 1 aromatic rings. The summed E-state index contributed by atoms with van der Waals surface area (Å²) in [6.07, 6.45) is 3.58. The monoisotopic (exact) mass is 306 g/mol. The lowest BCUT2D eigenvalue weighted by molar-refractivity contribution is -0.383. The van der Waals surface area contributed by atoms with Crippen molar-refractivity contribution in [1.29, 1.82) is 0 Å². The van der Waals surface area contributed by atoms with Crippen LogP contribution < -0.4 is 9.80 Å². The molecular formula is C14H22N6O2. The van der Waals surface area contributed by atoms with Crippen molar-refractivity contribution in [2.24, 2.45) is 0 Å². The molecule has 0 saturated carbocycles. The van der Waals surface area contributed by atoms with E-state index in [9.17, 15) is 10.1 Å². The summed E-state index contributed by atoms with van der Waals surface area (Å²) in [7, 11) is 0. The maximum Gasteiger partial charge on any atom is 0.353 e. The summed E-state index contributed by atoms with van der Waals surface area (Å²) in [5.41, 5.74) is 0.0642. The van der Waals surface area contributed by atoms with Gasteiger partial charge in [0.1, 0.15) is 6.33 Å². The van der Waals surface area contributed by atoms with Crippen molar-refractivity contribution < 1.29 is 4.92 Å². The minimum Gasteiger partial charge on any atom is -0.351 e. The van der Waals surface area contributed by atoms with E-state index in [4.69, 9.17) is 0 Å². The molecule has 8 nitrogen and oxygen atoms in total. The SMILES string of the molecule is CCN1CCN(c2ncnc(N3CCCC3)c2[N+](=O)[O-])CC1. The molecule has 2 fully saturated rings. The van der Waals surface area contributed by atoms with Crippen molar-refractivity contribution in [2.75, 3.05) is 55.6 Å². The van der Waals surface area contributed by atoms with Crippen molar-refractivity contribution in [2.45, 2.75) is 19.8 Å². The van der Waals surface area contributed by atoms with Crippen LogP contribution in [0.1, 0.15) is 19.8 Å². The van der Waals surface area contributed by atoms with Crippen molar-refractivity contribution in [1.82, 2.24) is 14.9 Å². The molecular weight excluding hydrogens is 284 g/mol. The van der Waals surface area contributed by atoms with E-state index in [1.807, 2.05) is 9.80 Å². The molecule has 0 radical (unpaired) electrons. The van der Waals surface area contributed by atoms with Crippen LogP contribution in [0.15, 0.2) is 6.33 Å². The Hall–Kier alpha value is -1.96. The van der Waals surface area contributed by atoms with Gasteiger partial charge in [-0.2, -0.15) is 0 Å². The fourth-order valence-corrected chi connectivity index (χ4v) is 3.19. The molecule has 2 saturated heterocycles. The number of aromatic nitrogens is 2. The molecule has 1 aromatic heterocycles. The lowest BCUT2D eigenvalue weighted by Crippen LogP contribution is -2.46. The van der Waals surface area contributed by atoms with Crippen LogP contribution in [0, 0.1) is 10.1 Å².